The molecule has 1 aromatic carbocycles. The zero-order valence-electron chi connectivity index (χ0n) is 17.7. The van der Waals surface area contributed by atoms with Crippen molar-refractivity contribution >= 4 is 35.1 Å². The zero-order valence-corrected chi connectivity index (χ0v) is 18.6. The maximum Gasteiger partial charge on any atom is 0.235 e. The Balaban J connectivity index is 2.07. The fraction of sp³-hybridized carbons (Fsp3) is 0.348. The molecule has 2 amide bonds. The summed E-state index contributed by atoms with van der Waals surface area (Å²) in [5, 5.41) is 9.52. The van der Waals surface area contributed by atoms with Gasteiger partial charge in [-0.2, -0.15) is 5.26 Å². The standard InChI is InChI=1S/C23H24N6O2S/c1-3-16-17(13-24)23(32-19(21(26)31)14-7-5-4-6-8-14)28-22(18(16)27-2)29-11-9-15(10-12-29)20(25)30/h4-8,15,19H,3,9-12H2,1H3,(H2,25,30)(H2,26,31). The van der Waals surface area contributed by atoms with E-state index in [2.05, 4.69) is 10.9 Å². The summed E-state index contributed by atoms with van der Waals surface area (Å²) >= 11 is 1.12. The molecule has 1 aliphatic rings. The number of nitrogens with zero attached hydrogens (tertiary/aromatic N) is 4. The van der Waals surface area contributed by atoms with E-state index in [9.17, 15) is 14.9 Å². The van der Waals surface area contributed by atoms with Crippen molar-refractivity contribution in [2.45, 2.75) is 36.5 Å². The van der Waals surface area contributed by atoms with Gasteiger partial charge in [0.2, 0.25) is 17.5 Å². The van der Waals surface area contributed by atoms with E-state index in [1.165, 1.54) is 0 Å². The molecule has 2 aromatic rings. The highest BCUT2D eigenvalue weighted by molar-refractivity contribution is 8.00. The lowest BCUT2D eigenvalue weighted by atomic mass is 9.96. The van der Waals surface area contributed by atoms with Crippen LogP contribution in [0.4, 0.5) is 11.5 Å². The molecule has 1 saturated heterocycles. The van der Waals surface area contributed by atoms with Crippen LogP contribution in [-0.2, 0) is 16.0 Å². The number of carbonyl (C=O) groups excluding carboxylic acids is 2. The highest BCUT2D eigenvalue weighted by Crippen LogP contribution is 2.43. The lowest BCUT2D eigenvalue weighted by molar-refractivity contribution is -0.122. The lowest BCUT2D eigenvalue weighted by Gasteiger charge is -2.33. The van der Waals surface area contributed by atoms with E-state index < -0.39 is 11.2 Å². The van der Waals surface area contributed by atoms with E-state index >= 15 is 0 Å². The van der Waals surface area contributed by atoms with Gasteiger partial charge in [0.25, 0.3) is 0 Å². The van der Waals surface area contributed by atoms with Gasteiger partial charge in [-0.1, -0.05) is 49.0 Å². The van der Waals surface area contributed by atoms with Crippen LogP contribution in [0, 0.1) is 23.8 Å². The van der Waals surface area contributed by atoms with Crippen molar-refractivity contribution in [1.29, 1.82) is 5.26 Å². The molecule has 0 spiro atoms. The topological polar surface area (TPSA) is 130 Å². The molecule has 9 heteroatoms. The highest BCUT2D eigenvalue weighted by atomic mass is 32.2. The number of nitriles is 1. The van der Waals surface area contributed by atoms with Gasteiger partial charge in [-0.15, -0.1) is 0 Å². The third-order valence-corrected chi connectivity index (χ3v) is 6.84. The zero-order chi connectivity index (χ0) is 23.3. The molecule has 1 unspecified atom stereocenters. The SMILES string of the molecule is [C-]#[N+]c1c(N2CCC(C(N)=O)CC2)nc(SC(C(N)=O)c2ccccc2)c(C#N)c1CC. The van der Waals surface area contributed by atoms with Crippen LogP contribution in [0.15, 0.2) is 35.4 Å². The second-order valence-electron chi connectivity index (χ2n) is 7.49. The third-order valence-electron chi connectivity index (χ3n) is 5.58. The van der Waals surface area contributed by atoms with Crippen LogP contribution in [0.1, 0.15) is 41.7 Å². The van der Waals surface area contributed by atoms with Crippen molar-refractivity contribution in [1.82, 2.24) is 4.98 Å². The van der Waals surface area contributed by atoms with E-state index in [0.29, 0.717) is 65.6 Å². The maximum atomic E-state index is 12.3. The number of rotatable bonds is 7. The fourth-order valence-corrected chi connectivity index (χ4v) is 4.93. The van der Waals surface area contributed by atoms with E-state index in [1.54, 1.807) is 12.1 Å². The quantitative estimate of drug-likeness (QED) is 0.494. The molecule has 1 aromatic heterocycles. The largest absolute Gasteiger partial charge is 0.369 e. The monoisotopic (exact) mass is 448 g/mol. The van der Waals surface area contributed by atoms with Crippen molar-refractivity contribution in [2.24, 2.45) is 17.4 Å². The first-order valence-electron chi connectivity index (χ1n) is 10.3. The van der Waals surface area contributed by atoms with Crippen molar-refractivity contribution < 1.29 is 9.59 Å². The summed E-state index contributed by atoms with van der Waals surface area (Å²) in [4.78, 5) is 34.1. The minimum Gasteiger partial charge on any atom is -0.369 e. The predicted molar refractivity (Wildman–Crippen MR) is 123 cm³/mol. The maximum absolute atomic E-state index is 12.3. The number of hydrogen-bond donors (Lipinski definition) is 2. The van der Waals surface area contributed by atoms with Crippen LogP contribution in [0.25, 0.3) is 4.85 Å². The number of amides is 2. The number of hydrogen-bond acceptors (Lipinski definition) is 6. The average Bonchev–Trinajstić information content (AvgIpc) is 2.81. The second-order valence-corrected chi connectivity index (χ2v) is 8.59. The first-order chi connectivity index (χ1) is 15.4. The van der Waals surface area contributed by atoms with Crippen LogP contribution in [0.3, 0.4) is 0 Å². The Morgan fingerprint density at radius 1 is 1.31 bits per heavy atom. The molecule has 0 radical (unpaired) electrons. The van der Waals surface area contributed by atoms with Crippen molar-refractivity contribution in [3.8, 4) is 6.07 Å². The van der Waals surface area contributed by atoms with Crippen molar-refractivity contribution in [2.75, 3.05) is 18.0 Å². The molecule has 0 bridgehead atoms. The molecular weight excluding hydrogens is 424 g/mol. The fourth-order valence-electron chi connectivity index (χ4n) is 3.88. The Morgan fingerprint density at radius 2 is 1.97 bits per heavy atom. The Labute approximate surface area is 191 Å². The van der Waals surface area contributed by atoms with Gasteiger partial charge < -0.3 is 16.4 Å². The summed E-state index contributed by atoms with van der Waals surface area (Å²) in [5.41, 5.74) is 13.1. The van der Waals surface area contributed by atoms with Gasteiger partial charge in [0.1, 0.15) is 22.2 Å². The number of aromatic nitrogens is 1. The Bertz CT molecular complexity index is 1100. The highest BCUT2D eigenvalue weighted by Gasteiger charge is 2.30. The van der Waals surface area contributed by atoms with Crippen LogP contribution in [0.5, 0.6) is 0 Å². The summed E-state index contributed by atoms with van der Waals surface area (Å²) in [6.45, 7) is 10.7. The molecule has 0 saturated carbocycles. The Morgan fingerprint density at radius 3 is 2.47 bits per heavy atom. The number of primary amides is 2. The number of benzene rings is 1. The van der Waals surface area contributed by atoms with E-state index in [-0.39, 0.29) is 11.8 Å². The van der Waals surface area contributed by atoms with Gasteiger partial charge in [-0.3, -0.25) is 9.59 Å². The summed E-state index contributed by atoms with van der Waals surface area (Å²) in [7, 11) is 0. The Hall–Kier alpha value is -3.56. The smallest absolute Gasteiger partial charge is 0.235 e. The van der Waals surface area contributed by atoms with Gasteiger partial charge in [0.05, 0.1) is 12.1 Å². The minimum atomic E-state index is -0.729. The van der Waals surface area contributed by atoms with Crippen LogP contribution in [-0.4, -0.2) is 29.9 Å². The third kappa shape index (κ3) is 4.68. The lowest BCUT2D eigenvalue weighted by Crippen LogP contribution is -2.39. The first-order valence-corrected chi connectivity index (χ1v) is 11.2. The predicted octanol–water partition coefficient (Wildman–Crippen LogP) is 3.09. The van der Waals surface area contributed by atoms with Gasteiger partial charge in [-0.05, 0) is 30.4 Å². The molecule has 1 atom stereocenters. The van der Waals surface area contributed by atoms with Crippen LogP contribution in [0.2, 0.25) is 0 Å². The molecule has 164 valence electrons. The van der Waals surface area contributed by atoms with Gasteiger partial charge in [0.15, 0.2) is 0 Å². The van der Waals surface area contributed by atoms with Crippen molar-refractivity contribution in [3.63, 3.8) is 0 Å². The molecule has 2 heterocycles. The van der Waals surface area contributed by atoms with E-state index in [0.717, 1.165) is 11.8 Å². The number of piperidine rings is 1. The number of nitrogens with two attached hydrogens (primary N) is 2. The van der Waals surface area contributed by atoms with Gasteiger partial charge in [-0.25, -0.2) is 9.83 Å². The minimum absolute atomic E-state index is 0.196. The molecule has 4 N–H and O–H groups in total. The molecule has 1 fully saturated rings. The number of pyridine rings is 1. The summed E-state index contributed by atoms with van der Waals surface area (Å²) in [5.74, 6) is -0.584. The van der Waals surface area contributed by atoms with Gasteiger partial charge in [0, 0.05) is 19.0 Å². The number of thioether (sulfide) groups is 1. The number of anilines is 1. The first kappa shape index (κ1) is 23.1. The summed E-state index contributed by atoms with van der Waals surface area (Å²) in [6, 6.07) is 11.3. The van der Waals surface area contributed by atoms with E-state index in [1.807, 2.05) is 30.0 Å². The van der Waals surface area contributed by atoms with Crippen LogP contribution >= 0.6 is 11.8 Å². The molecule has 3 rings (SSSR count). The summed E-state index contributed by atoms with van der Waals surface area (Å²) < 4.78 is 0. The number of carbonyl (C=O) groups is 2. The molecule has 0 aliphatic carbocycles. The van der Waals surface area contributed by atoms with Crippen molar-refractivity contribution in [3.05, 3.63) is 58.4 Å². The van der Waals surface area contributed by atoms with Crippen LogP contribution < -0.4 is 16.4 Å². The average molecular weight is 449 g/mol. The molecule has 32 heavy (non-hydrogen) atoms. The summed E-state index contributed by atoms with van der Waals surface area (Å²) in [6.07, 6.45) is 1.62. The molecule has 1 aliphatic heterocycles. The molecule has 8 nitrogen and oxygen atoms in total. The van der Waals surface area contributed by atoms with E-state index in [4.69, 9.17) is 23.0 Å². The Kier molecular flexibility index (Phi) is 7.34. The molecular formula is C23H24N6O2S. The normalized spacial score (nSPS) is 14.9. The van der Waals surface area contributed by atoms with Gasteiger partial charge >= 0.3 is 0 Å². The second kappa shape index (κ2) is 10.2.